The minimum atomic E-state index is -0.505. The molecule has 0 aromatic heterocycles. The Morgan fingerprint density at radius 3 is 2.42 bits per heavy atom. The van der Waals surface area contributed by atoms with Crippen LogP contribution in [0.15, 0.2) is 18.2 Å². The van der Waals surface area contributed by atoms with E-state index in [1.807, 2.05) is 0 Å². The normalized spacial score (nSPS) is 8.75. The summed E-state index contributed by atoms with van der Waals surface area (Å²) in [6.45, 7) is 1.54. The Labute approximate surface area is 112 Å². The summed E-state index contributed by atoms with van der Waals surface area (Å²) in [5.74, 6) is -0.201. The van der Waals surface area contributed by atoms with E-state index in [4.69, 9.17) is 0 Å². The van der Waals surface area contributed by atoms with E-state index in [1.54, 1.807) is 6.92 Å². The maximum absolute atomic E-state index is 10.6. The first-order chi connectivity index (χ1) is 5.11. The van der Waals surface area contributed by atoms with Crippen molar-refractivity contribution in [3.8, 4) is 5.75 Å². The summed E-state index contributed by atoms with van der Waals surface area (Å²) in [7, 11) is 0. The second-order valence-electron chi connectivity index (χ2n) is 2.21. The van der Waals surface area contributed by atoms with Crippen molar-refractivity contribution in [1.82, 2.24) is 0 Å². The predicted molar refractivity (Wildman–Crippen MR) is 37.3 cm³/mol. The molecule has 0 saturated heterocycles. The molecule has 4 nitrogen and oxygen atoms in total. The number of nitrogens with zero attached hydrogens (tertiary/aromatic N) is 1. The summed E-state index contributed by atoms with van der Waals surface area (Å²) in [6.07, 6.45) is 0. The first kappa shape index (κ1) is 12.1. The Kier molecular flexibility index (Phi) is 4.96. The Bertz CT molecular complexity index is 301. The van der Waals surface area contributed by atoms with Gasteiger partial charge in [-0.3, -0.25) is 10.1 Å². The minimum Gasteiger partial charge on any atom is -0.872 e. The number of hydrogen-bond acceptors (Lipinski definition) is 3. The van der Waals surface area contributed by atoms with Gasteiger partial charge in [-0.05, 0) is 6.92 Å². The van der Waals surface area contributed by atoms with E-state index >= 15 is 0 Å². The quantitative estimate of drug-likeness (QED) is 0.292. The number of nitro groups is 1. The zero-order chi connectivity index (χ0) is 8.43. The smallest absolute Gasteiger partial charge is 0.872 e. The van der Waals surface area contributed by atoms with Gasteiger partial charge in [-0.1, -0.05) is 12.1 Å². The molecule has 0 saturated carbocycles. The standard InChI is InChI=1S/C7H7NO3.K/c1-5-4-6(9)2-3-7(5)8(10)11;/h2-4,9H,1H3;/q;+1/p-1. The van der Waals surface area contributed by atoms with E-state index in [-0.39, 0.29) is 62.8 Å². The van der Waals surface area contributed by atoms with Crippen LogP contribution in [-0.4, -0.2) is 4.92 Å². The van der Waals surface area contributed by atoms with Crippen LogP contribution in [0.4, 0.5) is 5.69 Å². The molecule has 0 spiro atoms. The third-order valence-corrected chi connectivity index (χ3v) is 1.36. The molecule has 0 heterocycles. The van der Waals surface area contributed by atoms with Gasteiger partial charge in [-0.15, -0.1) is 5.75 Å². The van der Waals surface area contributed by atoms with Crippen LogP contribution in [-0.2, 0) is 0 Å². The second kappa shape index (κ2) is 4.93. The average molecular weight is 191 g/mol. The van der Waals surface area contributed by atoms with Crippen molar-refractivity contribution in [1.29, 1.82) is 0 Å². The van der Waals surface area contributed by atoms with Crippen molar-refractivity contribution < 1.29 is 61.4 Å². The molecule has 1 aromatic carbocycles. The summed E-state index contributed by atoms with van der Waals surface area (Å²) < 4.78 is 0. The van der Waals surface area contributed by atoms with Gasteiger partial charge >= 0.3 is 51.4 Å². The van der Waals surface area contributed by atoms with Gasteiger partial charge in [0.25, 0.3) is 5.69 Å². The molecular formula is C7H6KNO3. The van der Waals surface area contributed by atoms with Crippen LogP contribution in [0.2, 0.25) is 0 Å². The zero-order valence-corrected chi connectivity index (χ0v) is 10.0. The number of benzene rings is 1. The van der Waals surface area contributed by atoms with E-state index in [0.29, 0.717) is 5.56 Å². The van der Waals surface area contributed by atoms with Crippen molar-refractivity contribution in [3.05, 3.63) is 33.9 Å². The molecular weight excluding hydrogens is 185 g/mol. The minimum absolute atomic E-state index is 0. The molecule has 0 unspecified atom stereocenters. The molecule has 0 radical (unpaired) electrons. The fourth-order valence-corrected chi connectivity index (χ4v) is 0.833. The summed E-state index contributed by atoms with van der Waals surface area (Å²) >= 11 is 0. The van der Waals surface area contributed by atoms with Crippen LogP contribution in [0.1, 0.15) is 5.56 Å². The molecule has 0 aliphatic carbocycles. The monoisotopic (exact) mass is 191 g/mol. The van der Waals surface area contributed by atoms with E-state index in [1.165, 1.54) is 18.2 Å². The zero-order valence-electron chi connectivity index (χ0n) is 6.90. The SMILES string of the molecule is Cc1cc([O-])ccc1[N+](=O)[O-].[K+]. The third kappa shape index (κ3) is 2.84. The van der Waals surface area contributed by atoms with Gasteiger partial charge in [0.05, 0.1) is 4.92 Å². The summed E-state index contributed by atoms with van der Waals surface area (Å²) in [4.78, 5) is 9.73. The van der Waals surface area contributed by atoms with Crippen molar-refractivity contribution in [2.75, 3.05) is 0 Å². The molecule has 0 bridgehead atoms. The van der Waals surface area contributed by atoms with Gasteiger partial charge in [0.15, 0.2) is 0 Å². The fraction of sp³-hybridized carbons (Fsp3) is 0.143. The van der Waals surface area contributed by atoms with E-state index < -0.39 is 4.92 Å². The molecule has 0 aliphatic heterocycles. The van der Waals surface area contributed by atoms with Gasteiger partial charge in [0.1, 0.15) is 0 Å². The van der Waals surface area contributed by atoms with Crippen LogP contribution >= 0.6 is 0 Å². The maximum Gasteiger partial charge on any atom is 1.00 e. The molecule has 58 valence electrons. The third-order valence-electron chi connectivity index (χ3n) is 1.36. The fourth-order valence-electron chi connectivity index (χ4n) is 0.833. The van der Waals surface area contributed by atoms with Crippen LogP contribution in [0.3, 0.4) is 0 Å². The first-order valence-corrected chi connectivity index (χ1v) is 3.03. The first-order valence-electron chi connectivity index (χ1n) is 3.03. The summed E-state index contributed by atoms with van der Waals surface area (Å²) in [5, 5.41) is 20.9. The Morgan fingerprint density at radius 2 is 2.00 bits per heavy atom. The Morgan fingerprint density at radius 1 is 1.42 bits per heavy atom. The van der Waals surface area contributed by atoms with Gasteiger partial charge in [-0.2, -0.15) is 0 Å². The molecule has 1 rings (SSSR count). The van der Waals surface area contributed by atoms with Crippen molar-refractivity contribution in [3.63, 3.8) is 0 Å². The molecule has 0 fully saturated rings. The summed E-state index contributed by atoms with van der Waals surface area (Å²) in [6, 6.07) is 3.65. The topological polar surface area (TPSA) is 66.2 Å². The van der Waals surface area contributed by atoms with Crippen molar-refractivity contribution in [2.24, 2.45) is 0 Å². The molecule has 5 heteroatoms. The Balaban J connectivity index is 0.00000121. The molecule has 0 amide bonds. The molecule has 0 aliphatic rings. The predicted octanol–water partition coefficient (Wildman–Crippen LogP) is -2.02. The maximum atomic E-state index is 10.6. The van der Waals surface area contributed by atoms with Crippen LogP contribution < -0.4 is 56.5 Å². The average Bonchev–Trinajstić information content (AvgIpc) is 1.85. The van der Waals surface area contributed by atoms with Crippen LogP contribution in [0.25, 0.3) is 0 Å². The number of nitro benzene ring substituents is 1. The largest absolute Gasteiger partial charge is 1.00 e. The van der Waals surface area contributed by atoms with Crippen LogP contribution in [0, 0.1) is 17.0 Å². The van der Waals surface area contributed by atoms with Gasteiger partial charge in [-0.25, -0.2) is 0 Å². The van der Waals surface area contributed by atoms with Crippen molar-refractivity contribution >= 4 is 5.69 Å². The van der Waals surface area contributed by atoms with E-state index in [0.717, 1.165) is 0 Å². The molecule has 0 N–H and O–H groups in total. The van der Waals surface area contributed by atoms with Gasteiger partial charge < -0.3 is 5.11 Å². The molecule has 1 aromatic rings. The number of aryl methyl sites for hydroxylation is 1. The summed E-state index contributed by atoms with van der Waals surface area (Å²) in [5.41, 5.74) is 0.395. The molecule has 12 heavy (non-hydrogen) atoms. The van der Waals surface area contributed by atoms with Crippen molar-refractivity contribution in [2.45, 2.75) is 6.92 Å². The number of hydrogen-bond donors (Lipinski definition) is 0. The van der Waals surface area contributed by atoms with E-state index in [9.17, 15) is 15.2 Å². The molecule has 0 atom stereocenters. The van der Waals surface area contributed by atoms with E-state index in [2.05, 4.69) is 0 Å². The van der Waals surface area contributed by atoms with Gasteiger partial charge in [0.2, 0.25) is 0 Å². The Hall–Kier alpha value is 0.0564. The second-order valence-corrected chi connectivity index (χ2v) is 2.21. The van der Waals surface area contributed by atoms with Crippen LogP contribution in [0.5, 0.6) is 5.75 Å². The van der Waals surface area contributed by atoms with Gasteiger partial charge in [0, 0.05) is 11.6 Å². The number of rotatable bonds is 1.